The number of benzene rings is 1. The molecular formula is C25H30N2O. The maximum atomic E-state index is 5.65. The van der Waals surface area contributed by atoms with E-state index >= 15 is 0 Å². The quantitative estimate of drug-likeness (QED) is 0.514. The molecule has 0 aliphatic heterocycles. The SMILES string of the molecule is CCOCC(C)(C)c1ccc(Cc2ncccc2-c2cccnc2CC)cc1. The normalized spacial score (nSPS) is 11.6. The van der Waals surface area contributed by atoms with Crippen LogP contribution in [0.4, 0.5) is 0 Å². The standard InChI is InChI=1S/C25H30N2O/c1-5-23-21(9-7-15-26-23)22-10-8-16-27-24(22)17-19-11-13-20(14-12-19)25(3,4)18-28-6-2/h7-16H,5-6,17-18H2,1-4H3. The minimum atomic E-state index is 0.0103. The predicted octanol–water partition coefficient (Wildman–Crippen LogP) is 5.61. The molecule has 0 N–H and O–H groups in total. The number of aryl methyl sites for hydroxylation is 1. The van der Waals surface area contributed by atoms with Crippen LogP contribution < -0.4 is 0 Å². The first kappa shape index (κ1) is 20.2. The minimum absolute atomic E-state index is 0.0103. The molecule has 1 aromatic carbocycles. The molecule has 2 heterocycles. The van der Waals surface area contributed by atoms with Gasteiger partial charge in [0, 0.05) is 47.7 Å². The maximum absolute atomic E-state index is 5.65. The van der Waals surface area contributed by atoms with Gasteiger partial charge in [-0.2, -0.15) is 0 Å². The molecule has 3 rings (SSSR count). The molecule has 0 aliphatic carbocycles. The van der Waals surface area contributed by atoms with Gasteiger partial charge in [-0.05, 0) is 36.6 Å². The van der Waals surface area contributed by atoms with Crippen LogP contribution in [0, 0.1) is 0 Å². The summed E-state index contributed by atoms with van der Waals surface area (Å²) in [6.07, 6.45) is 5.45. The van der Waals surface area contributed by atoms with Gasteiger partial charge < -0.3 is 4.74 Å². The lowest BCUT2D eigenvalue weighted by atomic mass is 9.85. The molecule has 0 bridgehead atoms. The highest BCUT2D eigenvalue weighted by atomic mass is 16.5. The maximum Gasteiger partial charge on any atom is 0.0557 e. The van der Waals surface area contributed by atoms with E-state index in [1.165, 1.54) is 22.3 Å². The topological polar surface area (TPSA) is 35.0 Å². The van der Waals surface area contributed by atoms with Crippen molar-refractivity contribution < 1.29 is 4.74 Å². The second kappa shape index (κ2) is 9.11. The van der Waals surface area contributed by atoms with Crippen molar-refractivity contribution in [2.75, 3.05) is 13.2 Å². The minimum Gasteiger partial charge on any atom is -0.381 e. The zero-order chi connectivity index (χ0) is 20.0. The Kier molecular flexibility index (Phi) is 6.58. The molecule has 3 nitrogen and oxygen atoms in total. The molecule has 0 unspecified atom stereocenters. The lowest BCUT2D eigenvalue weighted by Gasteiger charge is -2.25. The Balaban J connectivity index is 1.85. The van der Waals surface area contributed by atoms with Gasteiger partial charge in [-0.3, -0.25) is 9.97 Å². The number of nitrogens with zero attached hydrogens (tertiary/aromatic N) is 2. The zero-order valence-electron chi connectivity index (χ0n) is 17.4. The van der Waals surface area contributed by atoms with Crippen LogP contribution in [0.1, 0.15) is 50.2 Å². The van der Waals surface area contributed by atoms with E-state index in [2.05, 4.69) is 67.1 Å². The van der Waals surface area contributed by atoms with Gasteiger partial charge in [0.25, 0.3) is 0 Å². The Labute approximate surface area is 168 Å². The molecule has 0 amide bonds. The second-order valence-electron chi connectivity index (χ2n) is 7.74. The van der Waals surface area contributed by atoms with Crippen LogP contribution in [0.2, 0.25) is 0 Å². The lowest BCUT2D eigenvalue weighted by Crippen LogP contribution is -2.24. The number of rotatable bonds is 8. The molecular weight excluding hydrogens is 344 g/mol. The summed E-state index contributed by atoms with van der Waals surface area (Å²) in [5.41, 5.74) is 7.13. The van der Waals surface area contributed by atoms with Gasteiger partial charge >= 0.3 is 0 Å². The van der Waals surface area contributed by atoms with Gasteiger partial charge in [0.1, 0.15) is 0 Å². The molecule has 3 aromatic rings. The van der Waals surface area contributed by atoms with Gasteiger partial charge in [-0.25, -0.2) is 0 Å². The molecule has 0 saturated heterocycles. The summed E-state index contributed by atoms with van der Waals surface area (Å²) < 4.78 is 5.65. The van der Waals surface area contributed by atoms with E-state index in [0.29, 0.717) is 0 Å². The lowest BCUT2D eigenvalue weighted by molar-refractivity contribution is 0.105. The Morgan fingerprint density at radius 3 is 2.04 bits per heavy atom. The summed E-state index contributed by atoms with van der Waals surface area (Å²) in [6, 6.07) is 17.2. The number of aromatic nitrogens is 2. The number of hydrogen-bond donors (Lipinski definition) is 0. The van der Waals surface area contributed by atoms with E-state index in [9.17, 15) is 0 Å². The van der Waals surface area contributed by atoms with E-state index in [4.69, 9.17) is 4.74 Å². The smallest absolute Gasteiger partial charge is 0.0557 e. The van der Waals surface area contributed by atoms with Crippen molar-refractivity contribution in [1.82, 2.24) is 9.97 Å². The average Bonchev–Trinajstić information content (AvgIpc) is 2.73. The van der Waals surface area contributed by atoms with Gasteiger partial charge in [0.2, 0.25) is 0 Å². The van der Waals surface area contributed by atoms with Crippen LogP contribution in [0.5, 0.6) is 0 Å². The Morgan fingerprint density at radius 2 is 1.43 bits per heavy atom. The predicted molar refractivity (Wildman–Crippen MR) is 116 cm³/mol. The molecule has 146 valence electrons. The first-order chi connectivity index (χ1) is 13.5. The summed E-state index contributed by atoms with van der Waals surface area (Å²) in [7, 11) is 0. The summed E-state index contributed by atoms with van der Waals surface area (Å²) in [6.45, 7) is 10.1. The molecule has 0 atom stereocenters. The third-order valence-electron chi connectivity index (χ3n) is 5.18. The van der Waals surface area contributed by atoms with Crippen molar-refractivity contribution in [3.05, 3.63) is 83.4 Å². The molecule has 3 heteroatoms. The fourth-order valence-electron chi connectivity index (χ4n) is 3.50. The molecule has 2 aromatic heterocycles. The monoisotopic (exact) mass is 374 g/mol. The van der Waals surface area contributed by atoms with Crippen molar-refractivity contribution in [2.45, 2.75) is 46.0 Å². The Morgan fingerprint density at radius 1 is 0.821 bits per heavy atom. The average molecular weight is 375 g/mol. The van der Waals surface area contributed by atoms with Crippen molar-refractivity contribution >= 4 is 0 Å². The molecule has 28 heavy (non-hydrogen) atoms. The van der Waals surface area contributed by atoms with Crippen LogP contribution in [0.25, 0.3) is 11.1 Å². The number of hydrogen-bond acceptors (Lipinski definition) is 3. The van der Waals surface area contributed by atoms with Gasteiger partial charge in [0.15, 0.2) is 0 Å². The number of ether oxygens (including phenoxy) is 1. The van der Waals surface area contributed by atoms with E-state index in [0.717, 1.165) is 37.4 Å². The zero-order valence-corrected chi connectivity index (χ0v) is 17.4. The fraction of sp³-hybridized carbons (Fsp3) is 0.360. The van der Waals surface area contributed by atoms with Crippen LogP contribution >= 0.6 is 0 Å². The third-order valence-corrected chi connectivity index (χ3v) is 5.18. The Bertz CT molecular complexity index is 900. The number of pyridine rings is 2. The van der Waals surface area contributed by atoms with Crippen molar-refractivity contribution in [3.8, 4) is 11.1 Å². The molecule has 0 spiro atoms. The van der Waals surface area contributed by atoms with Crippen LogP contribution in [-0.4, -0.2) is 23.2 Å². The van der Waals surface area contributed by atoms with Crippen molar-refractivity contribution in [2.24, 2.45) is 0 Å². The van der Waals surface area contributed by atoms with Gasteiger partial charge in [-0.1, -0.05) is 57.2 Å². The van der Waals surface area contributed by atoms with Gasteiger partial charge in [-0.15, -0.1) is 0 Å². The van der Waals surface area contributed by atoms with Crippen LogP contribution in [0.3, 0.4) is 0 Å². The highest BCUT2D eigenvalue weighted by Gasteiger charge is 2.20. The first-order valence-electron chi connectivity index (χ1n) is 10.1. The summed E-state index contributed by atoms with van der Waals surface area (Å²) in [5, 5.41) is 0. The van der Waals surface area contributed by atoms with Crippen molar-refractivity contribution in [1.29, 1.82) is 0 Å². The van der Waals surface area contributed by atoms with Crippen LogP contribution in [-0.2, 0) is 23.0 Å². The summed E-state index contributed by atoms with van der Waals surface area (Å²) in [5.74, 6) is 0. The third kappa shape index (κ3) is 4.66. The summed E-state index contributed by atoms with van der Waals surface area (Å²) >= 11 is 0. The van der Waals surface area contributed by atoms with Gasteiger partial charge in [0.05, 0.1) is 12.3 Å². The summed E-state index contributed by atoms with van der Waals surface area (Å²) in [4.78, 5) is 9.23. The Hall–Kier alpha value is -2.52. The highest BCUT2D eigenvalue weighted by molar-refractivity contribution is 5.68. The van der Waals surface area contributed by atoms with Crippen molar-refractivity contribution in [3.63, 3.8) is 0 Å². The second-order valence-corrected chi connectivity index (χ2v) is 7.74. The van der Waals surface area contributed by atoms with Crippen LogP contribution in [0.15, 0.2) is 60.9 Å². The van der Waals surface area contributed by atoms with E-state index in [-0.39, 0.29) is 5.41 Å². The van der Waals surface area contributed by atoms with E-state index < -0.39 is 0 Å². The molecule has 0 radical (unpaired) electrons. The molecule has 0 saturated carbocycles. The fourth-order valence-corrected chi connectivity index (χ4v) is 3.50. The van der Waals surface area contributed by atoms with E-state index in [1.807, 2.05) is 31.5 Å². The molecule has 0 aliphatic rings. The first-order valence-corrected chi connectivity index (χ1v) is 10.1. The van der Waals surface area contributed by atoms with E-state index in [1.54, 1.807) is 0 Å². The largest absolute Gasteiger partial charge is 0.381 e. The highest BCUT2D eigenvalue weighted by Crippen LogP contribution is 2.28. The molecule has 0 fully saturated rings.